The molecule has 0 aromatic heterocycles. The molecule has 70 valence electrons. The molecule has 1 rings (SSSR count). The Hall–Kier alpha value is -0.610. The monoisotopic (exact) mass is 171 g/mol. The summed E-state index contributed by atoms with van der Waals surface area (Å²) in [5, 5.41) is 0. The van der Waals surface area contributed by atoms with Crippen molar-refractivity contribution in [2.24, 2.45) is 11.5 Å². The van der Waals surface area contributed by atoms with Gasteiger partial charge in [-0.1, -0.05) is 0 Å². The molecule has 0 spiro atoms. The first-order chi connectivity index (χ1) is 5.61. The zero-order chi connectivity index (χ0) is 9.14. The van der Waals surface area contributed by atoms with Gasteiger partial charge >= 0.3 is 0 Å². The van der Waals surface area contributed by atoms with Crippen molar-refractivity contribution in [2.75, 3.05) is 13.1 Å². The molecule has 1 atom stereocenters. The molecule has 1 aliphatic rings. The third-order valence-corrected chi connectivity index (χ3v) is 2.53. The molecule has 0 saturated carbocycles. The van der Waals surface area contributed by atoms with Gasteiger partial charge < -0.3 is 11.5 Å². The summed E-state index contributed by atoms with van der Waals surface area (Å²) in [5.41, 5.74) is 10.9. The molecule has 1 unspecified atom stereocenters. The minimum atomic E-state index is -0.245. The predicted octanol–water partition coefficient (Wildman–Crippen LogP) is -0.717. The topological polar surface area (TPSA) is 72.4 Å². The quantitative estimate of drug-likeness (QED) is 0.576. The van der Waals surface area contributed by atoms with Crippen LogP contribution < -0.4 is 11.5 Å². The SMILES string of the molecule is CC(C(N)=O)N1CCC(N)CC1. The fourth-order valence-corrected chi connectivity index (χ4v) is 1.49. The summed E-state index contributed by atoms with van der Waals surface area (Å²) >= 11 is 0. The summed E-state index contributed by atoms with van der Waals surface area (Å²) < 4.78 is 0. The Morgan fingerprint density at radius 3 is 2.42 bits per heavy atom. The minimum absolute atomic E-state index is 0.141. The van der Waals surface area contributed by atoms with Crippen LogP contribution >= 0.6 is 0 Å². The maximum absolute atomic E-state index is 10.8. The van der Waals surface area contributed by atoms with E-state index in [1.54, 1.807) is 0 Å². The molecule has 0 radical (unpaired) electrons. The lowest BCUT2D eigenvalue weighted by atomic mass is 10.0. The van der Waals surface area contributed by atoms with Crippen LogP contribution in [0.25, 0.3) is 0 Å². The van der Waals surface area contributed by atoms with Crippen LogP contribution in [-0.4, -0.2) is 36.0 Å². The molecule has 1 heterocycles. The summed E-state index contributed by atoms with van der Waals surface area (Å²) in [7, 11) is 0. The van der Waals surface area contributed by atoms with E-state index in [0.29, 0.717) is 6.04 Å². The summed E-state index contributed by atoms with van der Waals surface area (Å²) in [6.07, 6.45) is 1.94. The highest BCUT2D eigenvalue weighted by Gasteiger charge is 2.23. The van der Waals surface area contributed by atoms with Gasteiger partial charge in [0, 0.05) is 19.1 Å². The van der Waals surface area contributed by atoms with Gasteiger partial charge in [0.2, 0.25) is 5.91 Å². The normalized spacial score (nSPS) is 23.8. The first-order valence-electron chi connectivity index (χ1n) is 4.40. The van der Waals surface area contributed by atoms with Gasteiger partial charge in [-0.25, -0.2) is 0 Å². The highest BCUT2D eigenvalue weighted by molar-refractivity contribution is 5.79. The number of hydrogen-bond donors (Lipinski definition) is 2. The first kappa shape index (κ1) is 9.48. The van der Waals surface area contributed by atoms with Gasteiger partial charge in [0.15, 0.2) is 0 Å². The summed E-state index contributed by atoms with van der Waals surface area (Å²) in [6.45, 7) is 3.63. The van der Waals surface area contributed by atoms with Crippen LogP contribution in [-0.2, 0) is 4.79 Å². The number of rotatable bonds is 2. The molecule has 1 amide bonds. The Kier molecular flexibility index (Phi) is 3.05. The van der Waals surface area contributed by atoms with E-state index < -0.39 is 0 Å². The fraction of sp³-hybridized carbons (Fsp3) is 0.875. The van der Waals surface area contributed by atoms with Crippen molar-refractivity contribution in [1.29, 1.82) is 0 Å². The number of carbonyl (C=O) groups excluding carboxylic acids is 1. The lowest BCUT2D eigenvalue weighted by molar-refractivity contribution is -0.123. The highest BCUT2D eigenvalue weighted by atomic mass is 16.1. The van der Waals surface area contributed by atoms with E-state index in [9.17, 15) is 4.79 Å². The average Bonchev–Trinajstić information content (AvgIpc) is 2.04. The van der Waals surface area contributed by atoms with E-state index >= 15 is 0 Å². The van der Waals surface area contributed by atoms with E-state index in [0.717, 1.165) is 25.9 Å². The largest absolute Gasteiger partial charge is 0.368 e. The molecule has 4 heteroatoms. The number of carbonyl (C=O) groups is 1. The van der Waals surface area contributed by atoms with Gasteiger partial charge in [-0.15, -0.1) is 0 Å². The molecular weight excluding hydrogens is 154 g/mol. The third-order valence-electron chi connectivity index (χ3n) is 2.53. The molecule has 0 aliphatic carbocycles. The molecule has 12 heavy (non-hydrogen) atoms. The minimum Gasteiger partial charge on any atom is -0.368 e. The van der Waals surface area contributed by atoms with Crippen LogP contribution in [0.4, 0.5) is 0 Å². The molecule has 0 bridgehead atoms. The van der Waals surface area contributed by atoms with Crippen LogP contribution in [0.5, 0.6) is 0 Å². The van der Waals surface area contributed by atoms with Crippen LogP contribution in [0.15, 0.2) is 0 Å². The Bertz CT molecular complexity index is 164. The summed E-state index contributed by atoms with van der Waals surface area (Å²) in [6, 6.07) is 0.166. The maximum Gasteiger partial charge on any atom is 0.234 e. The van der Waals surface area contributed by atoms with Crippen molar-refractivity contribution in [1.82, 2.24) is 4.90 Å². The van der Waals surface area contributed by atoms with Crippen molar-refractivity contribution < 1.29 is 4.79 Å². The number of piperidine rings is 1. The van der Waals surface area contributed by atoms with E-state index in [1.165, 1.54) is 0 Å². The van der Waals surface area contributed by atoms with Gasteiger partial charge in [0.25, 0.3) is 0 Å². The fourth-order valence-electron chi connectivity index (χ4n) is 1.49. The van der Waals surface area contributed by atoms with Crippen LogP contribution in [0, 0.1) is 0 Å². The number of amides is 1. The van der Waals surface area contributed by atoms with E-state index in [2.05, 4.69) is 4.90 Å². The predicted molar refractivity (Wildman–Crippen MR) is 47.4 cm³/mol. The number of nitrogens with zero attached hydrogens (tertiary/aromatic N) is 1. The van der Waals surface area contributed by atoms with E-state index in [-0.39, 0.29) is 11.9 Å². The summed E-state index contributed by atoms with van der Waals surface area (Å²) in [5.74, 6) is -0.245. The third kappa shape index (κ3) is 2.19. The average molecular weight is 171 g/mol. The van der Waals surface area contributed by atoms with Gasteiger partial charge in [0.1, 0.15) is 0 Å². The van der Waals surface area contributed by atoms with Crippen LogP contribution in [0.3, 0.4) is 0 Å². The standard InChI is InChI=1S/C8H17N3O/c1-6(8(10)12)11-4-2-7(9)3-5-11/h6-7H,2-5,9H2,1H3,(H2,10,12). The van der Waals surface area contributed by atoms with Gasteiger partial charge in [-0.05, 0) is 19.8 Å². The van der Waals surface area contributed by atoms with Crippen molar-refractivity contribution in [3.05, 3.63) is 0 Å². The van der Waals surface area contributed by atoms with Crippen molar-refractivity contribution in [3.8, 4) is 0 Å². The lowest BCUT2D eigenvalue weighted by Gasteiger charge is -2.33. The van der Waals surface area contributed by atoms with Gasteiger partial charge in [-0.2, -0.15) is 0 Å². The maximum atomic E-state index is 10.8. The number of nitrogens with two attached hydrogens (primary N) is 2. The number of primary amides is 1. The number of hydrogen-bond acceptors (Lipinski definition) is 3. The molecule has 0 aromatic rings. The molecular formula is C8H17N3O. The Balaban J connectivity index is 2.39. The van der Waals surface area contributed by atoms with Crippen molar-refractivity contribution in [2.45, 2.75) is 31.8 Å². The lowest BCUT2D eigenvalue weighted by Crippen LogP contribution is -2.48. The van der Waals surface area contributed by atoms with Crippen LogP contribution in [0.1, 0.15) is 19.8 Å². The smallest absolute Gasteiger partial charge is 0.234 e. The molecule has 4 N–H and O–H groups in total. The molecule has 4 nitrogen and oxygen atoms in total. The van der Waals surface area contributed by atoms with Gasteiger partial charge in [0.05, 0.1) is 6.04 Å². The van der Waals surface area contributed by atoms with Crippen molar-refractivity contribution in [3.63, 3.8) is 0 Å². The first-order valence-corrected chi connectivity index (χ1v) is 4.40. The Morgan fingerprint density at radius 1 is 1.50 bits per heavy atom. The van der Waals surface area contributed by atoms with Crippen molar-refractivity contribution >= 4 is 5.91 Å². The zero-order valence-corrected chi connectivity index (χ0v) is 7.49. The second-order valence-corrected chi connectivity index (χ2v) is 3.45. The highest BCUT2D eigenvalue weighted by Crippen LogP contribution is 2.10. The molecule has 0 aromatic carbocycles. The Morgan fingerprint density at radius 2 is 2.00 bits per heavy atom. The Labute approximate surface area is 72.9 Å². The zero-order valence-electron chi connectivity index (χ0n) is 7.49. The molecule has 1 aliphatic heterocycles. The van der Waals surface area contributed by atoms with E-state index in [1.807, 2.05) is 6.92 Å². The second-order valence-electron chi connectivity index (χ2n) is 3.45. The second kappa shape index (κ2) is 3.87. The van der Waals surface area contributed by atoms with E-state index in [4.69, 9.17) is 11.5 Å². The van der Waals surface area contributed by atoms with Crippen LogP contribution in [0.2, 0.25) is 0 Å². The molecule has 1 saturated heterocycles. The van der Waals surface area contributed by atoms with Gasteiger partial charge in [-0.3, -0.25) is 9.69 Å². The molecule has 1 fully saturated rings. The number of likely N-dealkylation sites (tertiary alicyclic amines) is 1. The summed E-state index contributed by atoms with van der Waals surface area (Å²) in [4.78, 5) is 12.9.